The van der Waals surface area contributed by atoms with Crippen LogP contribution >= 0.6 is 0 Å². The zero-order valence-electron chi connectivity index (χ0n) is 18.0. The average molecular weight is 422 g/mol. The highest BCUT2D eigenvalue weighted by Gasteiger charge is 2.31. The van der Waals surface area contributed by atoms with E-state index in [-0.39, 0.29) is 6.04 Å². The third kappa shape index (κ3) is 3.69. The normalized spacial score (nSPS) is 19.7. The van der Waals surface area contributed by atoms with Crippen LogP contribution in [0.25, 0.3) is 22.4 Å². The van der Waals surface area contributed by atoms with E-state index in [0.29, 0.717) is 23.5 Å². The fourth-order valence-corrected chi connectivity index (χ4v) is 4.51. The van der Waals surface area contributed by atoms with Gasteiger partial charge in [-0.05, 0) is 51.5 Å². The number of rotatable bonds is 5. The van der Waals surface area contributed by atoms with E-state index in [1.165, 1.54) is 0 Å². The molecule has 31 heavy (non-hydrogen) atoms. The Morgan fingerprint density at radius 3 is 2.71 bits per heavy atom. The quantitative estimate of drug-likeness (QED) is 0.510. The summed E-state index contributed by atoms with van der Waals surface area (Å²) in [6, 6.07) is 2.27. The van der Waals surface area contributed by atoms with Gasteiger partial charge in [0.05, 0.1) is 12.7 Å². The van der Waals surface area contributed by atoms with Gasteiger partial charge in [-0.1, -0.05) is 0 Å². The first-order chi connectivity index (χ1) is 14.9. The molecule has 162 valence electrons. The molecule has 9 heteroatoms. The Kier molecular flexibility index (Phi) is 4.77. The number of hydrogen-bond acceptors (Lipinski definition) is 7. The third-order valence-electron chi connectivity index (χ3n) is 6.29. The summed E-state index contributed by atoms with van der Waals surface area (Å²) < 4.78 is 9.30. The fourth-order valence-electron chi connectivity index (χ4n) is 4.51. The van der Waals surface area contributed by atoms with Gasteiger partial charge in [-0.25, -0.2) is 14.5 Å². The van der Waals surface area contributed by atoms with Crippen molar-refractivity contribution in [1.29, 1.82) is 0 Å². The molecule has 0 unspecified atom stereocenters. The minimum Gasteiger partial charge on any atom is -0.479 e. The molecule has 4 heterocycles. The van der Waals surface area contributed by atoms with Crippen LogP contribution in [0.3, 0.4) is 0 Å². The summed E-state index contributed by atoms with van der Waals surface area (Å²) in [7, 11) is 1.62. The van der Waals surface area contributed by atoms with Crippen molar-refractivity contribution in [3.63, 3.8) is 0 Å². The minimum absolute atomic E-state index is 0.281. The van der Waals surface area contributed by atoms with E-state index in [4.69, 9.17) is 4.74 Å². The molecule has 0 atom stereocenters. The Labute approximate surface area is 180 Å². The largest absolute Gasteiger partial charge is 0.479 e. The SMILES string of the molecule is COc1nc(N[C@H]2CC[C@@H](C(C)(C)O)CC2)nn2ccc(-c3cnc4nccn4c3)c12. The van der Waals surface area contributed by atoms with Gasteiger partial charge in [0, 0.05) is 48.2 Å². The first-order valence-corrected chi connectivity index (χ1v) is 10.6. The van der Waals surface area contributed by atoms with Crippen molar-refractivity contribution >= 4 is 17.2 Å². The Hall–Kier alpha value is -3.20. The van der Waals surface area contributed by atoms with Crippen molar-refractivity contribution in [3.05, 3.63) is 37.1 Å². The molecule has 4 aromatic rings. The fraction of sp³-hybridized carbons (Fsp3) is 0.455. The van der Waals surface area contributed by atoms with Crippen molar-refractivity contribution < 1.29 is 9.84 Å². The number of fused-ring (bicyclic) bond motifs is 2. The highest BCUT2D eigenvalue weighted by atomic mass is 16.5. The van der Waals surface area contributed by atoms with Gasteiger partial charge in [0.25, 0.3) is 0 Å². The predicted molar refractivity (Wildman–Crippen MR) is 117 cm³/mol. The summed E-state index contributed by atoms with van der Waals surface area (Å²) >= 11 is 0. The lowest BCUT2D eigenvalue weighted by Gasteiger charge is -2.36. The summed E-state index contributed by atoms with van der Waals surface area (Å²) in [5.41, 5.74) is 2.04. The maximum atomic E-state index is 10.3. The first-order valence-electron chi connectivity index (χ1n) is 10.6. The van der Waals surface area contributed by atoms with E-state index in [1.54, 1.807) is 24.0 Å². The molecule has 0 bridgehead atoms. The molecule has 0 aromatic carbocycles. The van der Waals surface area contributed by atoms with Gasteiger partial charge < -0.3 is 15.2 Å². The van der Waals surface area contributed by atoms with Crippen molar-refractivity contribution in [2.45, 2.75) is 51.2 Å². The number of nitrogens with one attached hydrogen (secondary N) is 1. The molecule has 9 nitrogen and oxygen atoms in total. The third-order valence-corrected chi connectivity index (χ3v) is 6.29. The van der Waals surface area contributed by atoms with E-state index < -0.39 is 5.60 Å². The van der Waals surface area contributed by atoms with Crippen LogP contribution in [0, 0.1) is 5.92 Å². The maximum absolute atomic E-state index is 10.3. The molecule has 1 saturated carbocycles. The van der Waals surface area contributed by atoms with Gasteiger partial charge >= 0.3 is 0 Å². The first kappa shape index (κ1) is 19.7. The van der Waals surface area contributed by atoms with Crippen LogP contribution < -0.4 is 10.1 Å². The second-order valence-electron chi connectivity index (χ2n) is 8.79. The predicted octanol–water partition coefficient (Wildman–Crippen LogP) is 3.19. The minimum atomic E-state index is -0.625. The highest BCUT2D eigenvalue weighted by Crippen LogP contribution is 2.34. The van der Waals surface area contributed by atoms with Crippen molar-refractivity contribution in [1.82, 2.24) is 29.0 Å². The Morgan fingerprint density at radius 1 is 1.16 bits per heavy atom. The number of hydrogen-bond donors (Lipinski definition) is 2. The topological polar surface area (TPSA) is 102 Å². The van der Waals surface area contributed by atoms with Gasteiger partial charge in [0.1, 0.15) is 5.52 Å². The molecule has 2 N–H and O–H groups in total. The lowest BCUT2D eigenvalue weighted by molar-refractivity contribution is -0.000418. The van der Waals surface area contributed by atoms with Crippen LogP contribution in [0.4, 0.5) is 5.95 Å². The van der Waals surface area contributed by atoms with Crippen molar-refractivity contribution in [3.8, 4) is 17.0 Å². The molecule has 0 amide bonds. The van der Waals surface area contributed by atoms with Crippen molar-refractivity contribution in [2.75, 3.05) is 12.4 Å². The van der Waals surface area contributed by atoms with Crippen LogP contribution in [0.2, 0.25) is 0 Å². The summed E-state index contributed by atoms with van der Waals surface area (Å²) in [5.74, 6) is 2.04. The molecule has 1 aliphatic rings. The summed E-state index contributed by atoms with van der Waals surface area (Å²) in [4.78, 5) is 13.2. The Morgan fingerprint density at radius 2 is 1.97 bits per heavy atom. The average Bonchev–Trinajstić information content (AvgIpc) is 3.39. The number of ether oxygens (including phenoxy) is 1. The highest BCUT2D eigenvalue weighted by molar-refractivity contribution is 5.84. The second-order valence-corrected chi connectivity index (χ2v) is 8.79. The smallest absolute Gasteiger partial charge is 0.244 e. The maximum Gasteiger partial charge on any atom is 0.244 e. The second kappa shape index (κ2) is 7.49. The van der Waals surface area contributed by atoms with Crippen LogP contribution in [0.15, 0.2) is 37.1 Å². The number of methoxy groups -OCH3 is 1. The molecule has 0 saturated heterocycles. The molecule has 0 aliphatic heterocycles. The summed E-state index contributed by atoms with van der Waals surface area (Å²) in [6.07, 6.45) is 13.2. The number of nitrogens with zero attached hydrogens (tertiary/aromatic N) is 6. The van der Waals surface area contributed by atoms with Crippen LogP contribution in [-0.2, 0) is 0 Å². The van der Waals surface area contributed by atoms with Gasteiger partial charge in [-0.2, -0.15) is 4.98 Å². The Bertz CT molecular complexity index is 1220. The van der Waals surface area contributed by atoms with Gasteiger partial charge in [0.2, 0.25) is 17.6 Å². The molecule has 0 radical (unpaired) electrons. The molecule has 1 fully saturated rings. The van der Waals surface area contributed by atoms with Crippen molar-refractivity contribution in [2.24, 2.45) is 5.92 Å². The molecular weight excluding hydrogens is 394 g/mol. The molecule has 0 spiro atoms. The monoisotopic (exact) mass is 421 g/mol. The lowest BCUT2D eigenvalue weighted by atomic mass is 9.77. The molecule has 5 rings (SSSR count). The molecule has 1 aliphatic carbocycles. The van der Waals surface area contributed by atoms with E-state index in [0.717, 1.165) is 42.3 Å². The number of anilines is 1. The zero-order chi connectivity index (χ0) is 21.6. The van der Waals surface area contributed by atoms with E-state index >= 15 is 0 Å². The number of aromatic nitrogens is 6. The van der Waals surface area contributed by atoms with E-state index in [9.17, 15) is 5.11 Å². The number of aliphatic hydroxyl groups is 1. The standard InChI is InChI=1S/C22H27N7O2/c1-22(2,30)15-4-6-16(7-5-15)25-20-26-19(31-3)18-17(8-10-29(18)27-20)14-12-24-21-23-9-11-28(21)13-14/h8-13,15-16,30H,4-7H2,1-3H3,(H,25,27)/t15-,16+. The van der Waals surface area contributed by atoms with Crippen LogP contribution in [0.1, 0.15) is 39.5 Å². The van der Waals surface area contributed by atoms with Crippen LogP contribution in [0.5, 0.6) is 5.88 Å². The van der Waals surface area contributed by atoms with Gasteiger partial charge in [0.15, 0.2) is 0 Å². The lowest BCUT2D eigenvalue weighted by Crippen LogP contribution is -2.37. The summed E-state index contributed by atoms with van der Waals surface area (Å²) in [5, 5.41) is 18.4. The van der Waals surface area contributed by atoms with Crippen LogP contribution in [-0.4, -0.2) is 52.8 Å². The Balaban J connectivity index is 1.42. The molecule has 4 aromatic heterocycles. The molecular formula is C22H27N7O2. The van der Waals surface area contributed by atoms with E-state index in [2.05, 4.69) is 25.4 Å². The van der Waals surface area contributed by atoms with Gasteiger partial charge in [-0.3, -0.25) is 4.40 Å². The van der Waals surface area contributed by atoms with E-state index in [1.807, 2.05) is 42.9 Å². The zero-order valence-corrected chi connectivity index (χ0v) is 18.0. The summed E-state index contributed by atoms with van der Waals surface area (Å²) in [6.45, 7) is 3.80. The van der Waals surface area contributed by atoms with Gasteiger partial charge in [-0.15, -0.1) is 5.10 Å². The number of imidazole rings is 1.